The Labute approximate surface area is 65.3 Å². The third kappa shape index (κ3) is 4.09. The van der Waals surface area contributed by atoms with E-state index in [9.17, 15) is 0 Å². The Balaban J connectivity index is 4.00. The summed E-state index contributed by atoms with van der Waals surface area (Å²) >= 11 is 5.53. The van der Waals surface area contributed by atoms with Gasteiger partial charge in [-0.3, -0.25) is 5.41 Å². The largest absolute Gasteiger partial charge is 0.379 e. The highest BCUT2D eigenvalue weighted by atomic mass is 35.5. The van der Waals surface area contributed by atoms with Crippen molar-refractivity contribution in [2.75, 3.05) is 7.05 Å². The van der Waals surface area contributed by atoms with Crippen LogP contribution in [0.1, 0.15) is 6.92 Å². The zero-order chi connectivity index (χ0) is 7.98. The Morgan fingerprint density at radius 3 is 2.70 bits per heavy atom. The number of hydrogen-bond acceptors (Lipinski definition) is 2. The van der Waals surface area contributed by atoms with Crippen LogP contribution in [0.2, 0.25) is 0 Å². The van der Waals surface area contributed by atoms with Crippen molar-refractivity contribution in [3.8, 4) is 0 Å². The summed E-state index contributed by atoms with van der Waals surface area (Å²) in [6, 6.07) is 0. The van der Waals surface area contributed by atoms with E-state index in [1.807, 2.05) is 0 Å². The van der Waals surface area contributed by atoms with Crippen LogP contribution in [0.3, 0.4) is 0 Å². The van der Waals surface area contributed by atoms with Crippen LogP contribution in [0.25, 0.3) is 0 Å². The molecule has 0 radical (unpaired) electrons. The van der Waals surface area contributed by atoms with Gasteiger partial charge in [-0.1, -0.05) is 11.6 Å². The minimum Gasteiger partial charge on any atom is -0.379 e. The second kappa shape index (κ2) is 4.99. The van der Waals surface area contributed by atoms with Crippen molar-refractivity contribution in [1.82, 2.24) is 5.32 Å². The molecule has 0 rings (SSSR count). The first-order valence-corrected chi connectivity index (χ1v) is 3.20. The zero-order valence-electron chi connectivity index (χ0n) is 5.98. The third-order valence-electron chi connectivity index (χ3n) is 0.770. The van der Waals surface area contributed by atoms with Crippen molar-refractivity contribution in [3.05, 3.63) is 11.2 Å². The van der Waals surface area contributed by atoms with E-state index >= 15 is 0 Å². The van der Waals surface area contributed by atoms with E-state index in [1.165, 1.54) is 6.08 Å². The van der Waals surface area contributed by atoms with Crippen LogP contribution in [0.4, 0.5) is 0 Å². The summed E-state index contributed by atoms with van der Waals surface area (Å²) < 4.78 is 0. The Kier molecular flexibility index (Phi) is 4.58. The lowest BCUT2D eigenvalue weighted by molar-refractivity contribution is 1.07. The highest BCUT2D eigenvalue weighted by Crippen LogP contribution is 1.94. The van der Waals surface area contributed by atoms with Crippen molar-refractivity contribution >= 4 is 23.7 Å². The lowest BCUT2D eigenvalue weighted by atomic mass is 10.5. The fourth-order valence-electron chi connectivity index (χ4n) is 0.369. The minimum atomic E-state index is 0.141. The van der Waals surface area contributed by atoms with Gasteiger partial charge in [-0.2, -0.15) is 0 Å². The quantitative estimate of drug-likeness (QED) is 0.357. The molecule has 0 heterocycles. The molecular weight excluding hydrogens is 150 g/mol. The molecule has 0 saturated carbocycles. The minimum absolute atomic E-state index is 0.141. The highest BCUT2D eigenvalue weighted by molar-refractivity contribution is 6.30. The predicted molar refractivity (Wildman–Crippen MR) is 44.9 cm³/mol. The number of aliphatic imine (C=N–C) groups is 1. The summed E-state index contributed by atoms with van der Waals surface area (Å²) in [7, 11) is 1.68. The molecule has 0 bridgehead atoms. The molecule has 10 heavy (non-hydrogen) atoms. The van der Waals surface area contributed by atoms with Gasteiger partial charge in [-0.25, -0.2) is 4.99 Å². The fraction of sp³-hybridized carbons (Fsp3) is 0.333. The van der Waals surface area contributed by atoms with Gasteiger partial charge >= 0.3 is 0 Å². The normalized spacial score (nSPS) is 12.1. The van der Waals surface area contributed by atoms with E-state index in [0.29, 0.717) is 5.16 Å². The van der Waals surface area contributed by atoms with Gasteiger partial charge in [0.15, 0.2) is 0 Å². The standard InChI is InChI=1S/C6H10ClN3/c1-3-10-6(8)4-5(7)9-2/h3-4,8-9H,1-2H3. The number of nitrogens with zero attached hydrogens (tertiary/aromatic N) is 1. The number of nitrogens with one attached hydrogen (secondary N) is 2. The van der Waals surface area contributed by atoms with Gasteiger partial charge < -0.3 is 5.32 Å². The number of halogens is 1. The summed E-state index contributed by atoms with van der Waals surface area (Å²) in [6.07, 6.45) is 2.97. The average molecular weight is 160 g/mol. The van der Waals surface area contributed by atoms with E-state index in [1.54, 1.807) is 20.2 Å². The molecule has 3 nitrogen and oxygen atoms in total. The summed E-state index contributed by atoms with van der Waals surface area (Å²) in [4.78, 5) is 3.67. The van der Waals surface area contributed by atoms with Crippen LogP contribution in [0.15, 0.2) is 16.2 Å². The highest BCUT2D eigenvalue weighted by Gasteiger charge is 1.87. The maximum atomic E-state index is 7.12. The van der Waals surface area contributed by atoms with Gasteiger partial charge in [0.25, 0.3) is 0 Å². The van der Waals surface area contributed by atoms with Gasteiger partial charge in [0.2, 0.25) is 0 Å². The van der Waals surface area contributed by atoms with E-state index in [0.717, 1.165) is 0 Å². The first-order chi connectivity index (χ1) is 4.70. The van der Waals surface area contributed by atoms with Crippen molar-refractivity contribution in [1.29, 1.82) is 5.41 Å². The molecule has 0 aliphatic carbocycles. The predicted octanol–water partition coefficient (Wildman–Crippen LogP) is 1.35. The monoisotopic (exact) mass is 159 g/mol. The lowest BCUT2D eigenvalue weighted by Gasteiger charge is -1.92. The number of amidine groups is 1. The van der Waals surface area contributed by atoms with Crippen LogP contribution >= 0.6 is 11.6 Å². The Bertz CT molecular complexity index is 172. The Morgan fingerprint density at radius 2 is 2.30 bits per heavy atom. The van der Waals surface area contributed by atoms with Crippen molar-refractivity contribution in [3.63, 3.8) is 0 Å². The van der Waals surface area contributed by atoms with Gasteiger partial charge in [0.1, 0.15) is 11.0 Å². The summed E-state index contributed by atoms with van der Waals surface area (Å²) in [5.74, 6) is 0.141. The topological polar surface area (TPSA) is 48.2 Å². The molecule has 0 aliphatic heterocycles. The summed E-state index contributed by atoms with van der Waals surface area (Å²) in [5, 5.41) is 10.2. The van der Waals surface area contributed by atoms with E-state index in [2.05, 4.69) is 10.3 Å². The Morgan fingerprint density at radius 1 is 1.70 bits per heavy atom. The van der Waals surface area contributed by atoms with Crippen molar-refractivity contribution in [2.24, 2.45) is 4.99 Å². The maximum absolute atomic E-state index is 7.12. The first-order valence-electron chi connectivity index (χ1n) is 2.83. The maximum Gasteiger partial charge on any atom is 0.146 e. The average Bonchev–Trinajstić information content (AvgIpc) is 1.88. The number of rotatable bonds is 2. The number of hydrogen-bond donors (Lipinski definition) is 2. The molecule has 0 aliphatic rings. The third-order valence-corrected chi connectivity index (χ3v) is 1.07. The van der Waals surface area contributed by atoms with Gasteiger partial charge in [0.05, 0.1) is 0 Å². The molecule has 0 aromatic rings. The molecule has 2 N–H and O–H groups in total. The van der Waals surface area contributed by atoms with Crippen LogP contribution in [0.5, 0.6) is 0 Å². The van der Waals surface area contributed by atoms with Crippen LogP contribution in [-0.4, -0.2) is 19.1 Å². The molecule has 0 fully saturated rings. The smallest absolute Gasteiger partial charge is 0.146 e. The molecular formula is C6H10ClN3. The van der Waals surface area contributed by atoms with E-state index in [-0.39, 0.29) is 5.84 Å². The molecule has 4 heteroatoms. The summed E-state index contributed by atoms with van der Waals surface area (Å²) in [6.45, 7) is 1.75. The van der Waals surface area contributed by atoms with Crippen LogP contribution < -0.4 is 5.32 Å². The molecule has 0 unspecified atom stereocenters. The zero-order valence-corrected chi connectivity index (χ0v) is 6.74. The van der Waals surface area contributed by atoms with Crippen LogP contribution in [0, 0.1) is 5.41 Å². The van der Waals surface area contributed by atoms with Gasteiger partial charge in [0, 0.05) is 19.3 Å². The van der Waals surface area contributed by atoms with E-state index < -0.39 is 0 Å². The second-order valence-electron chi connectivity index (χ2n) is 1.51. The molecule has 0 aromatic heterocycles. The molecule has 0 saturated heterocycles. The van der Waals surface area contributed by atoms with Crippen LogP contribution in [-0.2, 0) is 0 Å². The van der Waals surface area contributed by atoms with Gasteiger partial charge in [-0.05, 0) is 6.92 Å². The molecule has 0 aromatic carbocycles. The summed E-state index contributed by atoms with van der Waals surface area (Å²) in [5.41, 5.74) is 0. The van der Waals surface area contributed by atoms with Crippen molar-refractivity contribution < 1.29 is 0 Å². The van der Waals surface area contributed by atoms with Crippen molar-refractivity contribution in [2.45, 2.75) is 6.92 Å². The lowest BCUT2D eigenvalue weighted by Crippen LogP contribution is -2.01. The SMILES string of the molecule is CC=NC(=N)C=C(Cl)NC. The fourth-order valence-corrected chi connectivity index (χ4v) is 0.472. The molecule has 0 atom stereocenters. The molecule has 0 amide bonds. The van der Waals surface area contributed by atoms with Gasteiger partial charge in [-0.15, -0.1) is 0 Å². The Hall–Kier alpha value is -0.830. The molecule has 0 spiro atoms. The first kappa shape index (κ1) is 9.17. The second-order valence-corrected chi connectivity index (χ2v) is 1.92. The molecule has 56 valence electrons. The van der Waals surface area contributed by atoms with E-state index in [4.69, 9.17) is 17.0 Å².